The standard InChI is InChI=1S/C11H13BrO2S/c1-8(13)9-3-4-11(10(12)7-9)15-6-5-14-2/h3-4,7H,5-6H2,1-2H3. The molecule has 0 radical (unpaired) electrons. The highest BCUT2D eigenvalue weighted by atomic mass is 79.9. The molecular formula is C11H13BrO2S. The maximum Gasteiger partial charge on any atom is 0.159 e. The first kappa shape index (κ1) is 12.7. The van der Waals surface area contributed by atoms with Crippen molar-refractivity contribution in [3.8, 4) is 0 Å². The molecule has 0 fully saturated rings. The van der Waals surface area contributed by atoms with Crippen molar-refractivity contribution < 1.29 is 9.53 Å². The maximum atomic E-state index is 11.1. The number of hydrogen-bond donors (Lipinski definition) is 0. The third-order valence-electron chi connectivity index (χ3n) is 1.88. The van der Waals surface area contributed by atoms with Gasteiger partial charge in [-0.15, -0.1) is 11.8 Å². The van der Waals surface area contributed by atoms with Crippen molar-refractivity contribution in [2.45, 2.75) is 11.8 Å². The molecule has 2 nitrogen and oxygen atoms in total. The fourth-order valence-corrected chi connectivity index (χ4v) is 2.63. The average molecular weight is 289 g/mol. The van der Waals surface area contributed by atoms with E-state index in [1.54, 1.807) is 25.8 Å². The molecule has 1 aromatic rings. The van der Waals surface area contributed by atoms with Crippen LogP contribution < -0.4 is 0 Å². The van der Waals surface area contributed by atoms with Gasteiger partial charge in [-0.1, -0.05) is 6.07 Å². The number of Topliss-reactive ketones (excluding diaryl/α,β-unsaturated/α-hetero) is 1. The zero-order valence-corrected chi connectivity index (χ0v) is 11.2. The molecule has 15 heavy (non-hydrogen) atoms. The smallest absolute Gasteiger partial charge is 0.159 e. The molecule has 0 atom stereocenters. The molecule has 0 aliphatic rings. The lowest BCUT2D eigenvalue weighted by Gasteiger charge is -2.05. The first-order valence-corrected chi connectivity index (χ1v) is 6.35. The lowest BCUT2D eigenvalue weighted by molar-refractivity contribution is 0.101. The van der Waals surface area contributed by atoms with E-state index in [4.69, 9.17) is 4.74 Å². The number of halogens is 1. The molecule has 82 valence electrons. The number of ketones is 1. The lowest BCUT2D eigenvalue weighted by atomic mass is 10.2. The molecular weight excluding hydrogens is 276 g/mol. The highest BCUT2D eigenvalue weighted by Gasteiger charge is 2.04. The summed E-state index contributed by atoms with van der Waals surface area (Å²) in [7, 11) is 1.69. The molecule has 0 N–H and O–H groups in total. The quantitative estimate of drug-likeness (QED) is 0.472. The van der Waals surface area contributed by atoms with Gasteiger partial charge in [0.15, 0.2) is 5.78 Å². The number of carbonyl (C=O) groups excluding carboxylic acids is 1. The van der Waals surface area contributed by atoms with Crippen LogP contribution in [0.4, 0.5) is 0 Å². The van der Waals surface area contributed by atoms with Crippen molar-refractivity contribution in [3.63, 3.8) is 0 Å². The van der Waals surface area contributed by atoms with Gasteiger partial charge in [0.2, 0.25) is 0 Å². The van der Waals surface area contributed by atoms with Crippen LogP contribution in [0.1, 0.15) is 17.3 Å². The second-order valence-corrected chi connectivity index (χ2v) is 5.03. The second kappa shape index (κ2) is 6.30. The Morgan fingerprint density at radius 1 is 1.53 bits per heavy atom. The van der Waals surface area contributed by atoms with E-state index in [0.29, 0.717) is 0 Å². The number of hydrogen-bond acceptors (Lipinski definition) is 3. The Bertz CT molecular complexity index is 352. The summed E-state index contributed by atoms with van der Waals surface area (Å²) in [6.07, 6.45) is 0. The van der Waals surface area contributed by atoms with Crippen molar-refractivity contribution >= 4 is 33.5 Å². The number of rotatable bonds is 5. The second-order valence-electron chi connectivity index (χ2n) is 3.04. The van der Waals surface area contributed by atoms with E-state index in [1.165, 1.54) is 0 Å². The molecule has 0 saturated carbocycles. The minimum Gasteiger partial charge on any atom is -0.384 e. The van der Waals surface area contributed by atoms with Crippen LogP contribution in [0.5, 0.6) is 0 Å². The molecule has 1 aromatic carbocycles. The molecule has 0 bridgehead atoms. The summed E-state index contributed by atoms with van der Waals surface area (Å²) >= 11 is 5.16. The molecule has 0 spiro atoms. The Morgan fingerprint density at radius 3 is 2.80 bits per heavy atom. The van der Waals surface area contributed by atoms with Gasteiger partial charge in [0.1, 0.15) is 0 Å². The Kier molecular flexibility index (Phi) is 5.36. The third kappa shape index (κ3) is 3.97. The molecule has 0 heterocycles. The minimum atomic E-state index is 0.0872. The molecule has 0 aliphatic carbocycles. The van der Waals surface area contributed by atoms with Crippen LogP contribution >= 0.6 is 27.7 Å². The fourth-order valence-electron chi connectivity index (χ4n) is 1.07. The lowest BCUT2D eigenvalue weighted by Crippen LogP contribution is -1.94. The summed E-state index contributed by atoms with van der Waals surface area (Å²) in [6.45, 7) is 2.30. The van der Waals surface area contributed by atoms with Gasteiger partial charge in [0, 0.05) is 27.8 Å². The SMILES string of the molecule is COCCSc1ccc(C(C)=O)cc1Br. The summed E-state index contributed by atoms with van der Waals surface area (Å²) in [4.78, 5) is 12.3. The number of carbonyl (C=O) groups is 1. The molecule has 4 heteroatoms. The van der Waals surface area contributed by atoms with Crippen molar-refractivity contribution in [2.75, 3.05) is 19.5 Å². The van der Waals surface area contributed by atoms with E-state index in [0.717, 1.165) is 27.3 Å². The summed E-state index contributed by atoms with van der Waals surface area (Å²) < 4.78 is 5.94. The fraction of sp³-hybridized carbons (Fsp3) is 0.364. The van der Waals surface area contributed by atoms with E-state index < -0.39 is 0 Å². The number of thioether (sulfide) groups is 1. The van der Waals surface area contributed by atoms with Crippen LogP contribution in [0.2, 0.25) is 0 Å². The highest BCUT2D eigenvalue weighted by Crippen LogP contribution is 2.28. The molecule has 0 amide bonds. The van der Waals surface area contributed by atoms with Gasteiger partial charge in [-0.05, 0) is 35.0 Å². The number of methoxy groups -OCH3 is 1. The molecule has 0 saturated heterocycles. The van der Waals surface area contributed by atoms with Gasteiger partial charge in [-0.2, -0.15) is 0 Å². The number of ether oxygens (including phenoxy) is 1. The highest BCUT2D eigenvalue weighted by molar-refractivity contribution is 9.10. The Labute approximate surface area is 103 Å². The van der Waals surface area contributed by atoms with Crippen LogP contribution in [-0.2, 0) is 4.74 Å². The van der Waals surface area contributed by atoms with E-state index in [-0.39, 0.29) is 5.78 Å². The maximum absolute atomic E-state index is 11.1. The van der Waals surface area contributed by atoms with Crippen molar-refractivity contribution in [1.82, 2.24) is 0 Å². The van der Waals surface area contributed by atoms with E-state index >= 15 is 0 Å². The predicted octanol–water partition coefficient (Wildman–Crippen LogP) is 3.39. The van der Waals surface area contributed by atoms with Crippen molar-refractivity contribution in [3.05, 3.63) is 28.2 Å². The summed E-state index contributed by atoms with van der Waals surface area (Å²) in [5.41, 5.74) is 0.734. The van der Waals surface area contributed by atoms with Gasteiger partial charge < -0.3 is 4.74 Å². The first-order valence-electron chi connectivity index (χ1n) is 4.57. The van der Waals surface area contributed by atoms with Crippen molar-refractivity contribution in [1.29, 1.82) is 0 Å². The van der Waals surface area contributed by atoms with Crippen LogP contribution in [0.25, 0.3) is 0 Å². The normalized spacial score (nSPS) is 10.3. The first-order chi connectivity index (χ1) is 7.15. The van der Waals surface area contributed by atoms with Gasteiger partial charge >= 0.3 is 0 Å². The Balaban J connectivity index is 2.70. The topological polar surface area (TPSA) is 26.3 Å². The van der Waals surface area contributed by atoms with E-state index in [9.17, 15) is 4.79 Å². The molecule has 0 aliphatic heterocycles. The summed E-state index contributed by atoms with van der Waals surface area (Å²) in [5.74, 6) is 0.998. The number of benzene rings is 1. The molecule has 0 unspecified atom stereocenters. The predicted molar refractivity (Wildman–Crippen MR) is 66.7 cm³/mol. The average Bonchev–Trinajstić information content (AvgIpc) is 2.20. The summed E-state index contributed by atoms with van der Waals surface area (Å²) in [6, 6.07) is 5.67. The van der Waals surface area contributed by atoms with E-state index in [1.807, 2.05) is 18.2 Å². The third-order valence-corrected chi connectivity index (χ3v) is 3.84. The van der Waals surface area contributed by atoms with Crippen LogP contribution in [0.15, 0.2) is 27.6 Å². The Morgan fingerprint density at radius 2 is 2.27 bits per heavy atom. The Hall–Kier alpha value is -0.320. The zero-order valence-electron chi connectivity index (χ0n) is 8.75. The van der Waals surface area contributed by atoms with E-state index in [2.05, 4.69) is 15.9 Å². The van der Waals surface area contributed by atoms with Crippen LogP contribution in [0, 0.1) is 0 Å². The molecule has 1 rings (SSSR count). The van der Waals surface area contributed by atoms with Gasteiger partial charge in [0.25, 0.3) is 0 Å². The monoisotopic (exact) mass is 288 g/mol. The summed E-state index contributed by atoms with van der Waals surface area (Å²) in [5, 5.41) is 0. The van der Waals surface area contributed by atoms with Gasteiger partial charge in [-0.25, -0.2) is 0 Å². The van der Waals surface area contributed by atoms with Gasteiger partial charge in [-0.3, -0.25) is 4.79 Å². The molecule has 0 aromatic heterocycles. The van der Waals surface area contributed by atoms with Crippen LogP contribution in [-0.4, -0.2) is 25.3 Å². The van der Waals surface area contributed by atoms with Crippen LogP contribution in [0.3, 0.4) is 0 Å². The van der Waals surface area contributed by atoms with Gasteiger partial charge in [0.05, 0.1) is 6.61 Å². The minimum absolute atomic E-state index is 0.0872. The van der Waals surface area contributed by atoms with Crippen molar-refractivity contribution in [2.24, 2.45) is 0 Å². The zero-order chi connectivity index (χ0) is 11.3. The largest absolute Gasteiger partial charge is 0.384 e.